The lowest BCUT2D eigenvalue weighted by Gasteiger charge is -2.32. The zero-order valence-corrected chi connectivity index (χ0v) is 11.0. The molecular weight excluding hydrogens is 196 g/mol. The van der Waals surface area contributed by atoms with Gasteiger partial charge in [-0.05, 0) is 50.6 Å². The summed E-state index contributed by atoms with van der Waals surface area (Å²) >= 11 is 0. The molecule has 0 bridgehead atoms. The number of hydrogen-bond donors (Lipinski definition) is 1. The molecule has 2 rings (SSSR count). The van der Waals surface area contributed by atoms with E-state index in [0.29, 0.717) is 12.0 Å². The van der Waals surface area contributed by atoms with E-state index < -0.39 is 0 Å². The summed E-state index contributed by atoms with van der Waals surface area (Å²) in [6.45, 7) is 7.04. The molecule has 3 unspecified atom stereocenters. The predicted octanol–water partition coefficient (Wildman–Crippen LogP) is 2.62. The Balaban J connectivity index is 1.77. The van der Waals surface area contributed by atoms with Gasteiger partial charge in [-0.15, -0.1) is 0 Å². The van der Waals surface area contributed by atoms with E-state index in [1.54, 1.807) is 0 Å². The first-order valence-corrected chi connectivity index (χ1v) is 7.18. The van der Waals surface area contributed by atoms with E-state index >= 15 is 0 Å². The molecule has 16 heavy (non-hydrogen) atoms. The van der Waals surface area contributed by atoms with Gasteiger partial charge >= 0.3 is 0 Å². The Bertz CT molecular complexity index is 215. The minimum absolute atomic E-state index is 0.391. The van der Waals surface area contributed by atoms with Crippen molar-refractivity contribution in [3.8, 4) is 0 Å². The highest BCUT2D eigenvalue weighted by molar-refractivity contribution is 4.90. The molecule has 94 valence electrons. The van der Waals surface area contributed by atoms with Crippen LogP contribution >= 0.6 is 0 Å². The molecule has 0 aromatic carbocycles. The van der Waals surface area contributed by atoms with Crippen molar-refractivity contribution in [1.82, 2.24) is 4.90 Å². The average Bonchev–Trinajstić information content (AvgIpc) is 2.69. The molecule has 1 saturated heterocycles. The van der Waals surface area contributed by atoms with Crippen molar-refractivity contribution in [3.05, 3.63) is 0 Å². The summed E-state index contributed by atoms with van der Waals surface area (Å²) in [5.41, 5.74) is 6.14. The monoisotopic (exact) mass is 224 g/mol. The molecule has 0 amide bonds. The second-order valence-corrected chi connectivity index (χ2v) is 6.13. The van der Waals surface area contributed by atoms with Gasteiger partial charge in [0.1, 0.15) is 0 Å². The normalized spacial score (nSPS) is 33.0. The summed E-state index contributed by atoms with van der Waals surface area (Å²) in [6.07, 6.45) is 8.48. The summed E-state index contributed by atoms with van der Waals surface area (Å²) in [4.78, 5) is 2.73. The van der Waals surface area contributed by atoms with Gasteiger partial charge < -0.3 is 10.6 Å². The van der Waals surface area contributed by atoms with Gasteiger partial charge in [-0.2, -0.15) is 0 Å². The molecule has 2 aliphatic rings. The first-order valence-electron chi connectivity index (χ1n) is 7.18. The molecular formula is C14H28N2. The lowest BCUT2D eigenvalue weighted by molar-refractivity contribution is 0.175. The molecule has 0 aromatic heterocycles. The SMILES string of the molecule is CC(C)C(N)CCN1CCC2CCCCC21. The predicted molar refractivity (Wildman–Crippen MR) is 69.4 cm³/mol. The third-order valence-electron chi connectivity index (χ3n) is 4.73. The second kappa shape index (κ2) is 5.50. The quantitative estimate of drug-likeness (QED) is 0.795. The van der Waals surface area contributed by atoms with Gasteiger partial charge in [-0.25, -0.2) is 0 Å². The van der Waals surface area contributed by atoms with Crippen LogP contribution in [0, 0.1) is 11.8 Å². The Hall–Kier alpha value is -0.0800. The van der Waals surface area contributed by atoms with Crippen molar-refractivity contribution in [1.29, 1.82) is 0 Å². The number of nitrogens with two attached hydrogens (primary N) is 1. The lowest BCUT2D eigenvalue weighted by Crippen LogP contribution is -2.38. The van der Waals surface area contributed by atoms with Crippen LogP contribution < -0.4 is 5.73 Å². The maximum Gasteiger partial charge on any atom is 0.0124 e. The number of likely N-dealkylation sites (tertiary alicyclic amines) is 1. The molecule has 1 aliphatic heterocycles. The molecule has 1 saturated carbocycles. The van der Waals surface area contributed by atoms with Gasteiger partial charge in [0.25, 0.3) is 0 Å². The van der Waals surface area contributed by atoms with E-state index in [-0.39, 0.29) is 0 Å². The van der Waals surface area contributed by atoms with Crippen LogP contribution in [0.25, 0.3) is 0 Å². The van der Waals surface area contributed by atoms with E-state index in [9.17, 15) is 0 Å². The van der Waals surface area contributed by atoms with Crippen molar-refractivity contribution in [3.63, 3.8) is 0 Å². The summed E-state index contributed by atoms with van der Waals surface area (Å²) in [6, 6.07) is 1.30. The minimum Gasteiger partial charge on any atom is -0.327 e. The van der Waals surface area contributed by atoms with Crippen LogP contribution in [0.4, 0.5) is 0 Å². The fourth-order valence-corrected chi connectivity index (χ4v) is 3.43. The highest BCUT2D eigenvalue weighted by atomic mass is 15.2. The van der Waals surface area contributed by atoms with Gasteiger partial charge in [-0.3, -0.25) is 0 Å². The van der Waals surface area contributed by atoms with Crippen molar-refractivity contribution >= 4 is 0 Å². The Morgan fingerprint density at radius 2 is 1.94 bits per heavy atom. The zero-order chi connectivity index (χ0) is 11.5. The zero-order valence-electron chi connectivity index (χ0n) is 11.0. The molecule has 2 nitrogen and oxygen atoms in total. The number of fused-ring (bicyclic) bond motifs is 1. The van der Waals surface area contributed by atoms with Crippen molar-refractivity contribution in [2.45, 2.75) is 64.5 Å². The fraction of sp³-hybridized carbons (Fsp3) is 1.00. The Kier molecular flexibility index (Phi) is 4.26. The Morgan fingerprint density at radius 3 is 2.69 bits per heavy atom. The maximum absolute atomic E-state index is 6.14. The van der Waals surface area contributed by atoms with Crippen LogP contribution in [0.5, 0.6) is 0 Å². The minimum atomic E-state index is 0.391. The number of nitrogens with zero attached hydrogens (tertiary/aromatic N) is 1. The van der Waals surface area contributed by atoms with Gasteiger partial charge in [-0.1, -0.05) is 26.7 Å². The molecule has 2 N–H and O–H groups in total. The number of hydrogen-bond acceptors (Lipinski definition) is 2. The fourth-order valence-electron chi connectivity index (χ4n) is 3.43. The molecule has 2 heteroatoms. The van der Waals surface area contributed by atoms with Gasteiger partial charge in [0.2, 0.25) is 0 Å². The Morgan fingerprint density at radius 1 is 1.19 bits per heavy atom. The lowest BCUT2D eigenvalue weighted by atomic mass is 9.85. The van der Waals surface area contributed by atoms with E-state index in [4.69, 9.17) is 5.73 Å². The summed E-state index contributed by atoms with van der Waals surface area (Å²) in [7, 11) is 0. The molecule has 0 radical (unpaired) electrons. The van der Waals surface area contributed by atoms with E-state index in [0.717, 1.165) is 12.0 Å². The van der Waals surface area contributed by atoms with E-state index in [1.807, 2.05) is 0 Å². The van der Waals surface area contributed by atoms with Crippen molar-refractivity contribution < 1.29 is 0 Å². The van der Waals surface area contributed by atoms with Crippen molar-refractivity contribution in [2.75, 3.05) is 13.1 Å². The first-order chi connectivity index (χ1) is 7.68. The largest absolute Gasteiger partial charge is 0.327 e. The summed E-state index contributed by atoms with van der Waals surface area (Å²) in [5, 5.41) is 0. The van der Waals surface area contributed by atoms with Crippen LogP contribution in [-0.4, -0.2) is 30.1 Å². The third-order valence-corrected chi connectivity index (χ3v) is 4.73. The molecule has 3 atom stereocenters. The van der Waals surface area contributed by atoms with Crippen LogP contribution in [0.2, 0.25) is 0 Å². The smallest absolute Gasteiger partial charge is 0.0124 e. The van der Waals surface area contributed by atoms with E-state index in [1.165, 1.54) is 51.6 Å². The second-order valence-electron chi connectivity index (χ2n) is 6.13. The van der Waals surface area contributed by atoms with Crippen molar-refractivity contribution in [2.24, 2.45) is 17.6 Å². The van der Waals surface area contributed by atoms with Gasteiger partial charge in [0.05, 0.1) is 0 Å². The third kappa shape index (κ3) is 2.78. The molecule has 1 heterocycles. The van der Waals surface area contributed by atoms with E-state index in [2.05, 4.69) is 18.7 Å². The van der Waals surface area contributed by atoms with Gasteiger partial charge in [0.15, 0.2) is 0 Å². The van der Waals surface area contributed by atoms with Crippen LogP contribution in [0.15, 0.2) is 0 Å². The van der Waals surface area contributed by atoms with Gasteiger partial charge in [0, 0.05) is 12.1 Å². The molecule has 1 aliphatic carbocycles. The highest BCUT2D eigenvalue weighted by Crippen LogP contribution is 2.36. The topological polar surface area (TPSA) is 29.3 Å². The van der Waals surface area contributed by atoms with Crippen LogP contribution in [-0.2, 0) is 0 Å². The molecule has 2 fully saturated rings. The van der Waals surface area contributed by atoms with Crippen LogP contribution in [0.3, 0.4) is 0 Å². The average molecular weight is 224 g/mol. The Labute approximate surface area is 101 Å². The maximum atomic E-state index is 6.14. The summed E-state index contributed by atoms with van der Waals surface area (Å²) in [5.74, 6) is 1.65. The first kappa shape index (κ1) is 12.4. The van der Waals surface area contributed by atoms with Crippen LogP contribution in [0.1, 0.15) is 52.4 Å². The molecule has 0 aromatic rings. The highest BCUT2D eigenvalue weighted by Gasteiger charge is 2.35. The standard InChI is InChI=1S/C14H28N2/c1-11(2)13(15)8-10-16-9-7-12-5-3-4-6-14(12)16/h11-14H,3-10,15H2,1-2H3. The molecule has 0 spiro atoms. The summed E-state index contributed by atoms with van der Waals surface area (Å²) < 4.78 is 0. The number of rotatable bonds is 4.